The highest BCUT2D eigenvalue weighted by Crippen LogP contribution is 2.00. The zero-order valence-electron chi connectivity index (χ0n) is 10.3. The molecule has 0 radical (unpaired) electrons. The highest BCUT2D eigenvalue weighted by atomic mass is 16.3. The summed E-state index contributed by atoms with van der Waals surface area (Å²) < 4.78 is 1.37. The van der Waals surface area contributed by atoms with E-state index in [2.05, 4.69) is 15.7 Å². The molecule has 1 heterocycles. The predicted molar refractivity (Wildman–Crippen MR) is 67.2 cm³/mol. The average molecular weight is 240 g/mol. The van der Waals surface area contributed by atoms with Crippen LogP contribution in [0.1, 0.15) is 6.92 Å². The van der Waals surface area contributed by atoms with Gasteiger partial charge in [-0.1, -0.05) is 6.92 Å². The van der Waals surface area contributed by atoms with E-state index in [9.17, 15) is 4.79 Å². The Bertz CT molecular complexity index is 391. The fraction of sp³-hybridized carbons (Fsp3) is 0.636. The second kappa shape index (κ2) is 7.03. The minimum Gasteiger partial charge on any atom is -0.396 e. The number of aliphatic hydroxyl groups excluding tert-OH is 1. The normalized spacial score (nSPS) is 12.4. The molecule has 1 aromatic rings. The van der Waals surface area contributed by atoms with Crippen LogP contribution in [0.25, 0.3) is 0 Å². The molecule has 17 heavy (non-hydrogen) atoms. The molecular weight excluding hydrogens is 220 g/mol. The molecule has 6 nitrogen and oxygen atoms in total. The average Bonchev–Trinajstić information content (AvgIpc) is 2.32. The molecule has 6 heteroatoms. The fourth-order valence-electron chi connectivity index (χ4n) is 1.35. The molecule has 0 saturated carbocycles. The number of hydrogen-bond donors (Lipinski definition) is 3. The number of likely N-dealkylation sites (N-methyl/N-ethyl adjacent to an activating group) is 1. The number of anilines is 1. The van der Waals surface area contributed by atoms with E-state index >= 15 is 0 Å². The van der Waals surface area contributed by atoms with Crippen molar-refractivity contribution in [2.75, 3.05) is 32.1 Å². The van der Waals surface area contributed by atoms with Crippen LogP contribution >= 0.6 is 0 Å². The van der Waals surface area contributed by atoms with Gasteiger partial charge in [0, 0.05) is 32.3 Å². The van der Waals surface area contributed by atoms with Crippen molar-refractivity contribution in [3.8, 4) is 0 Å². The standard InChI is InChI=1S/C11H20N4O2/c1-9(8-16)7-15-11(17)5-10(6-14-15)13-4-3-12-2/h5-6,9,12-13,16H,3-4,7-8H2,1-2H3. The summed E-state index contributed by atoms with van der Waals surface area (Å²) in [6.07, 6.45) is 1.63. The van der Waals surface area contributed by atoms with Crippen LogP contribution in [0, 0.1) is 5.92 Å². The molecule has 3 N–H and O–H groups in total. The molecule has 0 aliphatic rings. The lowest BCUT2D eigenvalue weighted by Crippen LogP contribution is -2.27. The van der Waals surface area contributed by atoms with Crippen LogP contribution in [-0.4, -0.2) is 41.6 Å². The van der Waals surface area contributed by atoms with Gasteiger partial charge in [0.2, 0.25) is 0 Å². The van der Waals surface area contributed by atoms with Gasteiger partial charge in [0.25, 0.3) is 5.56 Å². The molecule has 1 atom stereocenters. The Labute approximate surface area is 101 Å². The van der Waals surface area contributed by atoms with Gasteiger partial charge in [0.15, 0.2) is 0 Å². The minimum absolute atomic E-state index is 0.0308. The Balaban J connectivity index is 2.63. The lowest BCUT2D eigenvalue weighted by molar-refractivity contribution is 0.217. The first-order valence-corrected chi connectivity index (χ1v) is 5.74. The number of aromatic nitrogens is 2. The van der Waals surface area contributed by atoms with Crippen molar-refractivity contribution in [1.82, 2.24) is 15.1 Å². The zero-order chi connectivity index (χ0) is 12.7. The van der Waals surface area contributed by atoms with E-state index in [0.717, 1.165) is 18.8 Å². The van der Waals surface area contributed by atoms with Gasteiger partial charge in [-0.2, -0.15) is 5.10 Å². The lowest BCUT2D eigenvalue weighted by Gasteiger charge is -2.10. The molecule has 1 aromatic heterocycles. The number of hydrogen-bond acceptors (Lipinski definition) is 5. The van der Waals surface area contributed by atoms with Gasteiger partial charge in [-0.3, -0.25) is 4.79 Å². The number of rotatable bonds is 7. The molecule has 96 valence electrons. The third-order valence-corrected chi connectivity index (χ3v) is 2.37. The maximum atomic E-state index is 11.7. The highest BCUT2D eigenvalue weighted by Gasteiger charge is 2.04. The summed E-state index contributed by atoms with van der Waals surface area (Å²) in [5, 5.41) is 19.1. The Morgan fingerprint density at radius 2 is 2.29 bits per heavy atom. The van der Waals surface area contributed by atoms with Crippen molar-refractivity contribution in [3.63, 3.8) is 0 Å². The molecule has 0 aliphatic heterocycles. The van der Waals surface area contributed by atoms with E-state index < -0.39 is 0 Å². The van der Waals surface area contributed by atoms with Crippen molar-refractivity contribution < 1.29 is 5.11 Å². The van der Waals surface area contributed by atoms with Crippen LogP contribution in [0.3, 0.4) is 0 Å². The van der Waals surface area contributed by atoms with E-state index in [-0.39, 0.29) is 18.1 Å². The minimum atomic E-state index is -0.153. The van der Waals surface area contributed by atoms with E-state index in [1.165, 1.54) is 10.7 Å². The number of nitrogens with zero attached hydrogens (tertiary/aromatic N) is 2. The molecule has 1 unspecified atom stereocenters. The van der Waals surface area contributed by atoms with Gasteiger partial charge in [0.05, 0.1) is 11.9 Å². The summed E-state index contributed by atoms with van der Waals surface area (Å²) in [6, 6.07) is 1.52. The van der Waals surface area contributed by atoms with Crippen LogP contribution in [0.2, 0.25) is 0 Å². The third kappa shape index (κ3) is 4.54. The predicted octanol–water partition coefficient (Wildman–Crippen LogP) is -0.497. The summed E-state index contributed by atoms with van der Waals surface area (Å²) in [7, 11) is 1.87. The smallest absolute Gasteiger partial charge is 0.268 e. The maximum Gasteiger partial charge on any atom is 0.268 e. The van der Waals surface area contributed by atoms with Crippen molar-refractivity contribution >= 4 is 5.69 Å². The van der Waals surface area contributed by atoms with Crippen LogP contribution < -0.4 is 16.2 Å². The molecular formula is C11H20N4O2. The topological polar surface area (TPSA) is 79.2 Å². The Hall–Kier alpha value is -1.40. The lowest BCUT2D eigenvalue weighted by atomic mass is 10.2. The van der Waals surface area contributed by atoms with Gasteiger partial charge < -0.3 is 15.7 Å². The molecule has 0 fully saturated rings. The summed E-state index contributed by atoms with van der Waals surface area (Å²) in [4.78, 5) is 11.7. The summed E-state index contributed by atoms with van der Waals surface area (Å²) in [6.45, 7) is 3.93. The second-order valence-corrected chi connectivity index (χ2v) is 4.08. The summed E-state index contributed by atoms with van der Waals surface area (Å²) in [5.74, 6) is 0.0308. The first-order valence-electron chi connectivity index (χ1n) is 5.74. The molecule has 1 rings (SSSR count). The van der Waals surface area contributed by atoms with E-state index in [1.54, 1.807) is 6.20 Å². The van der Waals surface area contributed by atoms with Gasteiger partial charge in [0.1, 0.15) is 0 Å². The quantitative estimate of drug-likeness (QED) is 0.560. The fourth-order valence-corrected chi connectivity index (χ4v) is 1.35. The van der Waals surface area contributed by atoms with Crippen LogP contribution in [0.15, 0.2) is 17.1 Å². The number of aliphatic hydroxyl groups is 1. The number of nitrogens with one attached hydrogen (secondary N) is 2. The molecule has 0 bridgehead atoms. The maximum absolute atomic E-state index is 11.7. The first-order chi connectivity index (χ1) is 8.17. The van der Waals surface area contributed by atoms with Crippen molar-refractivity contribution in [2.45, 2.75) is 13.5 Å². The van der Waals surface area contributed by atoms with Crippen molar-refractivity contribution in [1.29, 1.82) is 0 Å². The Morgan fingerprint density at radius 1 is 1.53 bits per heavy atom. The van der Waals surface area contributed by atoms with Crippen LogP contribution in [0.5, 0.6) is 0 Å². The Morgan fingerprint density at radius 3 is 2.88 bits per heavy atom. The van der Waals surface area contributed by atoms with E-state index in [4.69, 9.17) is 5.11 Å². The molecule has 0 amide bonds. The zero-order valence-corrected chi connectivity index (χ0v) is 10.3. The molecule has 0 aliphatic carbocycles. The first kappa shape index (κ1) is 13.7. The monoisotopic (exact) mass is 240 g/mol. The Kier molecular flexibility index (Phi) is 5.65. The third-order valence-electron chi connectivity index (χ3n) is 2.37. The SMILES string of the molecule is CNCCNc1cnn(CC(C)CO)c(=O)c1. The van der Waals surface area contributed by atoms with Crippen molar-refractivity contribution in [3.05, 3.63) is 22.6 Å². The van der Waals surface area contributed by atoms with Gasteiger partial charge in [-0.25, -0.2) is 4.68 Å². The molecule has 0 spiro atoms. The molecule has 0 saturated heterocycles. The molecule has 0 aromatic carbocycles. The van der Waals surface area contributed by atoms with Crippen molar-refractivity contribution in [2.24, 2.45) is 5.92 Å². The summed E-state index contributed by atoms with van der Waals surface area (Å²) in [5.41, 5.74) is 0.568. The van der Waals surface area contributed by atoms with E-state index in [0.29, 0.717) is 6.54 Å². The van der Waals surface area contributed by atoms with E-state index in [1.807, 2.05) is 14.0 Å². The second-order valence-electron chi connectivity index (χ2n) is 4.08. The highest BCUT2D eigenvalue weighted by molar-refractivity contribution is 5.38. The summed E-state index contributed by atoms with van der Waals surface area (Å²) >= 11 is 0. The van der Waals surface area contributed by atoms with Crippen LogP contribution in [0.4, 0.5) is 5.69 Å². The van der Waals surface area contributed by atoms with Crippen LogP contribution in [-0.2, 0) is 6.54 Å². The van der Waals surface area contributed by atoms with Gasteiger partial charge in [-0.05, 0) is 13.0 Å². The van der Waals surface area contributed by atoms with Gasteiger partial charge >= 0.3 is 0 Å². The largest absolute Gasteiger partial charge is 0.396 e. The van der Waals surface area contributed by atoms with Gasteiger partial charge in [-0.15, -0.1) is 0 Å².